The van der Waals surface area contributed by atoms with Crippen molar-refractivity contribution in [2.45, 2.75) is 18.9 Å². The van der Waals surface area contributed by atoms with Crippen LogP contribution < -0.4 is 21.1 Å². The van der Waals surface area contributed by atoms with Gasteiger partial charge >= 0.3 is 0 Å². The number of aromatic nitrogens is 6. The SMILES string of the molecule is COc1cc(-c2nn(C3CCNCC3)c3ncnc(N)c23)ccc1NC(=O)c1cc2ccncc2n1C. The van der Waals surface area contributed by atoms with Crippen molar-refractivity contribution in [2.24, 2.45) is 7.05 Å². The fraction of sp³-hybridized carbons (Fsp3) is 0.269. The van der Waals surface area contributed by atoms with E-state index < -0.39 is 0 Å². The smallest absolute Gasteiger partial charge is 0.272 e. The third-order valence-electron chi connectivity index (χ3n) is 6.98. The number of carbonyl (C=O) groups is 1. The molecule has 11 heteroatoms. The van der Waals surface area contributed by atoms with Crippen molar-refractivity contribution in [2.75, 3.05) is 31.2 Å². The Morgan fingerprint density at radius 3 is 2.81 bits per heavy atom. The second-order valence-corrected chi connectivity index (χ2v) is 9.12. The molecule has 0 radical (unpaired) electrons. The number of ether oxygens (including phenoxy) is 1. The number of hydrogen-bond donors (Lipinski definition) is 3. The van der Waals surface area contributed by atoms with Crippen LogP contribution in [0.3, 0.4) is 0 Å². The van der Waals surface area contributed by atoms with Gasteiger partial charge in [-0.25, -0.2) is 14.6 Å². The molecule has 0 saturated carbocycles. The van der Waals surface area contributed by atoms with E-state index in [0.717, 1.165) is 48.0 Å². The molecule has 0 bridgehead atoms. The Kier molecular flexibility index (Phi) is 5.68. The molecular formula is C26H27N9O2. The lowest BCUT2D eigenvalue weighted by atomic mass is 10.1. The predicted molar refractivity (Wildman–Crippen MR) is 142 cm³/mol. The molecule has 5 aromatic rings. The van der Waals surface area contributed by atoms with Gasteiger partial charge in [0.15, 0.2) is 5.65 Å². The highest BCUT2D eigenvalue weighted by Gasteiger charge is 2.24. The first-order chi connectivity index (χ1) is 18.0. The number of piperidine rings is 1. The topological polar surface area (TPSA) is 138 Å². The van der Waals surface area contributed by atoms with Crippen molar-refractivity contribution in [1.29, 1.82) is 0 Å². The number of aryl methyl sites for hydroxylation is 1. The number of methoxy groups -OCH3 is 1. The maximum atomic E-state index is 13.2. The second-order valence-electron chi connectivity index (χ2n) is 9.12. The Balaban J connectivity index is 1.37. The highest BCUT2D eigenvalue weighted by Crippen LogP contribution is 2.37. The van der Waals surface area contributed by atoms with E-state index in [-0.39, 0.29) is 11.9 Å². The number of fused-ring (bicyclic) bond motifs is 2. The van der Waals surface area contributed by atoms with Crippen molar-refractivity contribution in [1.82, 2.24) is 34.6 Å². The monoisotopic (exact) mass is 497 g/mol. The number of pyridine rings is 1. The number of nitrogen functional groups attached to an aromatic ring is 1. The number of amides is 1. The Morgan fingerprint density at radius 2 is 2.03 bits per heavy atom. The fourth-order valence-electron chi connectivity index (χ4n) is 5.02. The van der Waals surface area contributed by atoms with Crippen molar-refractivity contribution < 1.29 is 9.53 Å². The van der Waals surface area contributed by atoms with Gasteiger partial charge in [-0.1, -0.05) is 6.07 Å². The minimum atomic E-state index is -0.247. The van der Waals surface area contributed by atoms with Crippen LogP contribution in [0.1, 0.15) is 29.4 Å². The van der Waals surface area contributed by atoms with Gasteiger partial charge in [0.1, 0.15) is 29.3 Å². The molecule has 11 nitrogen and oxygen atoms in total. The first-order valence-electron chi connectivity index (χ1n) is 12.1. The van der Waals surface area contributed by atoms with E-state index in [1.165, 1.54) is 6.33 Å². The Morgan fingerprint density at radius 1 is 1.19 bits per heavy atom. The summed E-state index contributed by atoms with van der Waals surface area (Å²) in [4.78, 5) is 26.1. The van der Waals surface area contributed by atoms with Crippen LogP contribution in [0, 0.1) is 0 Å². The van der Waals surface area contributed by atoms with Crippen molar-refractivity contribution in [3.8, 4) is 17.0 Å². The molecule has 1 saturated heterocycles. The van der Waals surface area contributed by atoms with E-state index >= 15 is 0 Å². The standard InChI is InChI=1S/C26H27N9O2/c1-34-19(11-15-5-8-29-13-20(15)34)26(36)32-18-4-3-16(12-21(18)37-2)23-22-24(27)30-14-31-25(22)35(33-23)17-6-9-28-10-7-17/h3-5,8,11-14,17,28H,6-7,9-10H2,1-2H3,(H,32,36)(H2,27,30,31). The van der Waals surface area contributed by atoms with E-state index in [1.54, 1.807) is 19.5 Å². The van der Waals surface area contributed by atoms with Crippen molar-refractivity contribution >= 4 is 39.3 Å². The molecule has 1 amide bonds. The second kappa shape index (κ2) is 9.17. The molecule has 4 aromatic heterocycles. The first-order valence-corrected chi connectivity index (χ1v) is 12.1. The third kappa shape index (κ3) is 3.93. The first kappa shape index (κ1) is 22.9. The number of nitrogens with zero attached hydrogens (tertiary/aromatic N) is 6. The zero-order chi connectivity index (χ0) is 25.5. The van der Waals surface area contributed by atoms with E-state index in [1.807, 2.05) is 46.6 Å². The number of anilines is 2. The van der Waals surface area contributed by atoms with Crippen LogP contribution in [0.25, 0.3) is 33.2 Å². The number of nitrogens with two attached hydrogens (primary N) is 1. The van der Waals surface area contributed by atoms with Gasteiger partial charge in [-0.3, -0.25) is 9.78 Å². The van der Waals surface area contributed by atoms with Crippen LogP contribution in [0.15, 0.2) is 49.1 Å². The third-order valence-corrected chi connectivity index (χ3v) is 6.98. The summed E-state index contributed by atoms with van der Waals surface area (Å²) in [5.74, 6) is 0.635. The van der Waals surface area contributed by atoms with Crippen LogP contribution in [0.2, 0.25) is 0 Å². The summed E-state index contributed by atoms with van der Waals surface area (Å²) < 4.78 is 9.46. The van der Waals surface area contributed by atoms with E-state index in [2.05, 4.69) is 25.6 Å². The Bertz CT molecular complexity index is 1630. The lowest BCUT2D eigenvalue weighted by Crippen LogP contribution is -2.30. The minimum absolute atomic E-state index is 0.225. The molecule has 6 rings (SSSR count). The van der Waals surface area contributed by atoms with Crippen molar-refractivity contribution in [3.05, 3.63) is 54.7 Å². The van der Waals surface area contributed by atoms with Gasteiger partial charge in [-0.05, 0) is 50.2 Å². The quantitative estimate of drug-likeness (QED) is 0.337. The van der Waals surface area contributed by atoms with Crippen LogP contribution in [-0.4, -0.2) is 55.4 Å². The minimum Gasteiger partial charge on any atom is -0.495 e. The summed E-state index contributed by atoms with van der Waals surface area (Å²) >= 11 is 0. The molecule has 1 aliphatic heterocycles. The van der Waals surface area contributed by atoms with Crippen LogP contribution >= 0.6 is 0 Å². The summed E-state index contributed by atoms with van der Waals surface area (Å²) in [5, 5.41) is 13.0. The van der Waals surface area contributed by atoms with Gasteiger partial charge < -0.3 is 25.7 Å². The number of benzene rings is 1. The lowest BCUT2D eigenvalue weighted by Gasteiger charge is -2.23. The molecule has 1 fully saturated rings. The Labute approximate surface area is 212 Å². The number of nitrogens with one attached hydrogen (secondary N) is 2. The van der Waals surface area contributed by atoms with Gasteiger partial charge in [0.05, 0.1) is 35.9 Å². The molecule has 0 spiro atoms. The number of hydrogen-bond acceptors (Lipinski definition) is 8. The molecule has 1 aromatic carbocycles. The molecule has 0 unspecified atom stereocenters. The molecule has 0 atom stereocenters. The molecule has 5 heterocycles. The van der Waals surface area contributed by atoms with Gasteiger partial charge in [0, 0.05) is 24.2 Å². The summed E-state index contributed by atoms with van der Waals surface area (Å²) in [6.45, 7) is 1.86. The predicted octanol–water partition coefficient (Wildman–Crippen LogP) is 3.15. The fourth-order valence-corrected chi connectivity index (χ4v) is 5.02. The highest BCUT2D eigenvalue weighted by molar-refractivity contribution is 6.07. The number of rotatable bonds is 5. The van der Waals surface area contributed by atoms with Gasteiger partial charge in [0.2, 0.25) is 0 Å². The molecule has 1 aliphatic rings. The van der Waals surface area contributed by atoms with Crippen LogP contribution in [0.4, 0.5) is 11.5 Å². The van der Waals surface area contributed by atoms with Crippen LogP contribution in [-0.2, 0) is 7.05 Å². The average Bonchev–Trinajstić information content (AvgIpc) is 3.49. The summed E-state index contributed by atoms with van der Waals surface area (Å²) in [6, 6.07) is 9.50. The number of carbonyl (C=O) groups excluding carboxylic acids is 1. The normalized spacial score (nSPS) is 14.3. The average molecular weight is 498 g/mol. The molecule has 0 aliphatic carbocycles. The maximum absolute atomic E-state index is 13.2. The summed E-state index contributed by atoms with van der Waals surface area (Å²) in [5.41, 5.74) is 10.4. The molecule has 4 N–H and O–H groups in total. The maximum Gasteiger partial charge on any atom is 0.272 e. The summed E-state index contributed by atoms with van der Waals surface area (Å²) in [7, 11) is 3.41. The molecule has 37 heavy (non-hydrogen) atoms. The van der Waals surface area contributed by atoms with Gasteiger partial charge in [0.25, 0.3) is 5.91 Å². The summed E-state index contributed by atoms with van der Waals surface area (Å²) in [6.07, 6.45) is 6.84. The lowest BCUT2D eigenvalue weighted by molar-refractivity contribution is 0.101. The molecular weight excluding hydrogens is 470 g/mol. The highest BCUT2D eigenvalue weighted by atomic mass is 16.5. The zero-order valence-corrected chi connectivity index (χ0v) is 20.6. The molecule has 188 valence electrons. The van der Waals surface area contributed by atoms with E-state index in [4.69, 9.17) is 15.6 Å². The zero-order valence-electron chi connectivity index (χ0n) is 20.6. The van der Waals surface area contributed by atoms with E-state index in [9.17, 15) is 4.79 Å². The largest absolute Gasteiger partial charge is 0.495 e. The van der Waals surface area contributed by atoms with Crippen LogP contribution in [0.5, 0.6) is 5.75 Å². The van der Waals surface area contributed by atoms with E-state index in [0.29, 0.717) is 34.0 Å². The van der Waals surface area contributed by atoms with Gasteiger partial charge in [-0.2, -0.15) is 5.10 Å². The Hall–Kier alpha value is -4.51. The van der Waals surface area contributed by atoms with Gasteiger partial charge in [-0.15, -0.1) is 0 Å². The van der Waals surface area contributed by atoms with Crippen molar-refractivity contribution in [3.63, 3.8) is 0 Å².